The topological polar surface area (TPSA) is 29.3 Å². The quantitative estimate of drug-likeness (QED) is 0.772. The molecule has 0 fully saturated rings. The lowest BCUT2D eigenvalue weighted by Gasteiger charge is -2.27. The van der Waals surface area contributed by atoms with E-state index in [1.807, 2.05) is 6.07 Å². The average molecular weight is 220 g/mol. The van der Waals surface area contributed by atoms with Crippen molar-refractivity contribution in [1.29, 1.82) is 0 Å². The molecule has 0 radical (unpaired) electrons. The summed E-state index contributed by atoms with van der Waals surface area (Å²) in [5.74, 6) is 0. The molecule has 0 saturated carbocycles. The molecule has 0 bridgehead atoms. The van der Waals surface area contributed by atoms with Gasteiger partial charge in [-0.1, -0.05) is 31.5 Å². The molecule has 1 aromatic carbocycles. The molecule has 1 atom stereocenters. The van der Waals surface area contributed by atoms with Crippen LogP contribution in [-0.4, -0.2) is 17.5 Å². The Bertz CT molecular complexity index is 334. The minimum atomic E-state index is 0.616. The molecule has 90 valence electrons. The Labute approximate surface area is 99.5 Å². The van der Waals surface area contributed by atoms with E-state index < -0.39 is 0 Å². The summed E-state index contributed by atoms with van der Waals surface area (Å²) >= 11 is 0. The number of aryl methyl sites for hydroxylation is 1. The van der Waals surface area contributed by atoms with E-state index in [-0.39, 0.29) is 0 Å². The largest absolute Gasteiger partial charge is 0.398 e. The van der Waals surface area contributed by atoms with Crippen LogP contribution in [-0.2, 0) is 6.54 Å². The zero-order valence-electron chi connectivity index (χ0n) is 11.0. The maximum atomic E-state index is 6.01. The minimum absolute atomic E-state index is 0.616. The highest BCUT2D eigenvalue weighted by Crippen LogP contribution is 2.17. The molecule has 16 heavy (non-hydrogen) atoms. The highest BCUT2D eigenvalue weighted by atomic mass is 15.1. The Hall–Kier alpha value is -1.02. The van der Waals surface area contributed by atoms with E-state index in [1.165, 1.54) is 17.5 Å². The van der Waals surface area contributed by atoms with Crippen molar-refractivity contribution in [3.05, 3.63) is 29.3 Å². The predicted octanol–water partition coefficient (Wildman–Crippen LogP) is 3.20. The van der Waals surface area contributed by atoms with Gasteiger partial charge in [0.05, 0.1) is 0 Å². The summed E-state index contributed by atoms with van der Waals surface area (Å²) in [5, 5.41) is 0. The van der Waals surface area contributed by atoms with Crippen molar-refractivity contribution in [3.63, 3.8) is 0 Å². The zero-order valence-corrected chi connectivity index (χ0v) is 11.0. The van der Waals surface area contributed by atoms with Crippen molar-refractivity contribution in [1.82, 2.24) is 4.90 Å². The summed E-state index contributed by atoms with van der Waals surface area (Å²) < 4.78 is 0. The Balaban J connectivity index is 2.81. The predicted molar refractivity (Wildman–Crippen MR) is 71.4 cm³/mol. The molecule has 0 aliphatic heterocycles. The van der Waals surface area contributed by atoms with E-state index in [9.17, 15) is 0 Å². The molecule has 1 unspecified atom stereocenters. The number of anilines is 1. The van der Waals surface area contributed by atoms with Crippen molar-refractivity contribution >= 4 is 5.69 Å². The van der Waals surface area contributed by atoms with Gasteiger partial charge in [0.1, 0.15) is 0 Å². The number of nitrogens with two attached hydrogens (primary N) is 1. The van der Waals surface area contributed by atoms with Crippen molar-refractivity contribution in [2.75, 3.05) is 12.3 Å². The first-order chi connectivity index (χ1) is 7.58. The van der Waals surface area contributed by atoms with Crippen molar-refractivity contribution < 1.29 is 0 Å². The summed E-state index contributed by atoms with van der Waals surface area (Å²) in [4.78, 5) is 2.46. The molecule has 0 aromatic heterocycles. The van der Waals surface area contributed by atoms with Gasteiger partial charge in [-0.15, -0.1) is 0 Å². The zero-order chi connectivity index (χ0) is 12.1. The highest BCUT2D eigenvalue weighted by molar-refractivity contribution is 5.48. The van der Waals surface area contributed by atoms with Crippen LogP contribution in [0.1, 0.15) is 38.3 Å². The summed E-state index contributed by atoms with van der Waals surface area (Å²) in [6.07, 6.45) is 1.18. The van der Waals surface area contributed by atoms with Gasteiger partial charge in [-0.25, -0.2) is 0 Å². The van der Waals surface area contributed by atoms with E-state index in [0.29, 0.717) is 6.04 Å². The maximum Gasteiger partial charge on any atom is 0.0359 e. The van der Waals surface area contributed by atoms with Gasteiger partial charge in [0.15, 0.2) is 0 Å². The van der Waals surface area contributed by atoms with Gasteiger partial charge in [-0.2, -0.15) is 0 Å². The number of hydrogen-bond donors (Lipinski definition) is 1. The van der Waals surface area contributed by atoms with Crippen molar-refractivity contribution in [2.45, 2.75) is 46.7 Å². The number of hydrogen-bond acceptors (Lipinski definition) is 2. The van der Waals surface area contributed by atoms with Crippen LogP contribution in [0.15, 0.2) is 18.2 Å². The van der Waals surface area contributed by atoms with Gasteiger partial charge in [0.25, 0.3) is 0 Å². The molecule has 2 N–H and O–H groups in total. The maximum absolute atomic E-state index is 6.01. The van der Waals surface area contributed by atoms with Crippen LogP contribution in [0.2, 0.25) is 0 Å². The van der Waals surface area contributed by atoms with Crippen LogP contribution in [0.4, 0.5) is 5.69 Å². The molecule has 0 aliphatic rings. The Morgan fingerprint density at radius 2 is 2.00 bits per heavy atom. The summed E-state index contributed by atoms with van der Waals surface area (Å²) in [6.45, 7) is 10.9. The Morgan fingerprint density at radius 3 is 2.56 bits per heavy atom. The van der Waals surface area contributed by atoms with E-state index in [1.54, 1.807) is 0 Å². The molecule has 0 amide bonds. The third-order valence-corrected chi connectivity index (χ3v) is 3.29. The molecule has 1 rings (SSSR count). The number of benzene rings is 1. The normalized spacial score (nSPS) is 13.1. The van der Waals surface area contributed by atoms with Crippen LogP contribution in [0.3, 0.4) is 0 Å². The first kappa shape index (κ1) is 13.0. The first-order valence-electron chi connectivity index (χ1n) is 6.17. The van der Waals surface area contributed by atoms with Gasteiger partial charge in [0, 0.05) is 18.3 Å². The second-order valence-electron chi connectivity index (χ2n) is 4.52. The fraction of sp³-hybridized carbons (Fsp3) is 0.571. The second-order valence-corrected chi connectivity index (χ2v) is 4.52. The number of rotatable bonds is 5. The van der Waals surface area contributed by atoms with Crippen molar-refractivity contribution in [3.8, 4) is 0 Å². The van der Waals surface area contributed by atoms with Gasteiger partial charge in [0.2, 0.25) is 0 Å². The first-order valence-corrected chi connectivity index (χ1v) is 6.17. The lowest BCUT2D eigenvalue weighted by Crippen LogP contribution is -2.32. The summed E-state index contributed by atoms with van der Waals surface area (Å²) in [5.41, 5.74) is 9.45. The van der Waals surface area contributed by atoms with E-state index >= 15 is 0 Å². The molecule has 0 heterocycles. The lowest BCUT2D eigenvalue weighted by atomic mass is 10.1. The standard InChI is InChI=1S/C14H24N2/c1-5-12(4)16(6-2)10-13-9-11(3)7-8-14(13)15/h7-9,12H,5-6,10,15H2,1-4H3. The molecular weight excluding hydrogens is 196 g/mol. The number of nitrogen functional groups attached to an aromatic ring is 1. The molecule has 0 aliphatic carbocycles. The van der Waals surface area contributed by atoms with Crippen LogP contribution >= 0.6 is 0 Å². The second kappa shape index (κ2) is 5.90. The van der Waals surface area contributed by atoms with E-state index in [2.05, 4.69) is 44.7 Å². The molecule has 2 heteroatoms. The van der Waals surface area contributed by atoms with E-state index in [4.69, 9.17) is 5.73 Å². The Morgan fingerprint density at radius 1 is 1.31 bits per heavy atom. The summed E-state index contributed by atoms with van der Waals surface area (Å²) in [6, 6.07) is 6.89. The van der Waals surface area contributed by atoms with Gasteiger partial charge in [-0.05, 0) is 38.4 Å². The van der Waals surface area contributed by atoms with Crippen LogP contribution in [0, 0.1) is 6.92 Å². The van der Waals surface area contributed by atoms with Gasteiger partial charge in [-0.3, -0.25) is 4.90 Å². The summed E-state index contributed by atoms with van der Waals surface area (Å²) in [7, 11) is 0. The van der Waals surface area contributed by atoms with E-state index in [0.717, 1.165) is 18.8 Å². The fourth-order valence-electron chi connectivity index (χ4n) is 1.93. The fourth-order valence-corrected chi connectivity index (χ4v) is 1.93. The van der Waals surface area contributed by atoms with Crippen LogP contribution in [0.5, 0.6) is 0 Å². The SMILES string of the molecule is CCC(C)N(CC)Cc1cc(C)ccc1N. The molecule has 1 aromatic rings. The molecule has 0 spiro atoms. The molecule has 2 nitrogen and oxygen atoms in total. The molecular formula is C14H24N2. The van der Waals surface area contributed by atoms with Gasteiger partial charge >= 0.3 is 0 Å². The van der Waals surface area contributed by atoms with Crippen LogP contribution < -0.4 is 5.73 Å². The minimum Gasteiger partial charge on any atom is -0.398 e. The van der Waals surface area contributed by atoms with Crippen LogP contribution in [0.25, 0.3) is 0 Å². The third kappa shape index (κ3) is 3.24. The molecule has 0 saturated heterocycles. The lowest BCUT2D eigenvalue weighted by molar-refractivity contribution is 0.206. The van der Waals surface area contributed by atoms with Gasteiger partial charge < -0.3 is 5.73 Å². The smallest absolute Gasteiger partial charge is 0.0359 e. The highest BCUT2D eigenvalue weighted by Gasteiger charge is 2.11. The number of nitrogens with zero attached hydrogens (tertiary/aromatic N) is 1. The monoisotopic (exact) mass is 220 g/mol. The Kier molecular flexibility index (Phi) is 4.81. The van der Waals surface area contributed by atoms with Crippen molar-refractivity contribution in [2.24, 2.45) is 0 Å². The third-order valence-electron chi connectivity index (χ3n) is 3.29. The average Bonchev–Trinajstić information content (AvgIpc) is 2.29.